The molecule has 0 aliphatic carbocycles. The largest absolute Gasteiger partial charge is 0.445 e. The van der Waals surface area contributed by atoms with Crippen LogP contribution in [0.1, 0.15) is 51.2 Å². The highest BCUT2D eigenvalue weighted by Gasteiger charge is 2.45. The summed E-state index contributed by atoms with van der Waals surface area (Å²) in [4.78, 5) is 158. The molecule has 3 aromatic rings. The number of nitrogens with two attached hydrogens (primary N) is 2. The zero-order valence-electron chi connectivity index (χ0n) is 46.3. The zero-order valence-corrected chi connectivity index (χ0v) is 47.1. The van der Waals surface area contributed by atoms with Gasteiger partial charge in [-0.3, -0.25) is 47.4 Å². The van der Waals surface area contributed by atoms with Gasteiger partial charge in [0, 0.05) is 69.6 Å². The molecular formula is C52H71N13O17S. The molecule has 6 rings (SSSR count). The number of carbonyl (C=O) groups excluding carboxylic acids is 11. The Labute approximate surface area is 478 Å². The van der Waals surface area contributed by atoms with Crippen LogP contribution in [-0.2, 0) is 71.7 Å². The average molecular weight is 1180 g/mol. The lowest BCUT2D eigenvalue weighted by molar-refractivity contribution is -0.144. The number of hydrogen-bond donors (Lipinski definition) is 13. The van der Waals surface area contributed by atoms with Crippen molar-refractivity contribution in [3.63, 3.8) is 0 Å². The molecule has 452 valence electrons. The molecule has 3 aliphatic rings. The number of aliphatic hydroxyl groups excluding tert-OH is 3. The maximum absolute atomic E-state index is 15.1. The second kappa shape index (κ2) is 28.5. The first-order valence-electron chi connectivity index (χ1n) is 26.6. The molecular weight excluding hydrogens is 1110 g/mol. The van der Waals surface area contributed by atoms with Crippen LogP contribution in [-0.4, -0.2) is 212 Å². The summed E-state index contributed by atoms with van der Waals surface area (Å²) in [5, 5.41) is 48.8. The lowest BCUT2D eigenvalue weighted by Gasteiger charge is -2.32. The Hall–Kier alpha value is -8.42. The fourth-order valence-electron chi connectivity index (χ4n) is 9.29. The molecule has 1 saturated heterocycles. The highest BCUT2D eigenvalue weighted by Crippen LogP contribution is 2.31. The van der Waals surface area contributed by atoms with E-state index >= 15 is 4.21 Å². The van der Waals surface area contributed by atoms with Gasteiger partial charge in [0.05, 0.1) is 60.4 Å². The van der Waals surface area contributed by atoms with E-state index in [-0.39, 0.29) is 46.9 Å². The first-order valence-corrected chi connectivity index (χ1v) is 27.9. The van der Waals surface area contributed by atoms with Crippen molar-refractivity contribution in [1.82, 2.24) is 56.9 Å². The number of likely N-dealkylation sites (N-methyl/N-ethyl adjacent to an activating group) is 2. The maximum Gasteiger partial charge on any atom is 0.415 e. The number of nitrogens with zero attached hydrogens (tertiary/aromatic N) is 3. The molecule has 83 heavy (non-hydrogen) atoms. The number of ether oxygens (including phenoxy) is 2. The predicted octanol–water partition coefficient (Wildman–Crippen LogP) is -4.34. The molecule has 15 N–H and O–H groups in total. The number of fused-ring (bicyclic) bond motifs is 5. The molecule has 0 saturated carbocycles. The van der Waals surface area contributed by atoms with Gasteiger partial charge in [-0.15, -0.1) is 0 Å². The van der Waals surface area contributed by atoms with Gasteiger partial charge >= 0.3 is 12.2 Å². The van der Waals surface area contributed by atoms with E-state index in [9.17, 15) is 68.1 Å². The fraction of sp³-hybridized carbons (Fsp3) is 0.519. The van der Waals surface area contributed by atoms with E-state index in [0.29, 0.717) is 17.7 Å². The molecule has 11 amide bonds. The van der Waals surface area contributed by atoms with E-state index in [1.165, 1.54) is 49.0 Å². The highest BCUT2D eigenvalue weighted by atomic mass is 32.2. The Kier molecular flexibility index (Phi) is 21.9. The number of rotatable bonds is 13. The van der Waals surface area contributed by atoms with Gasteiger partial charge in [-0.2, -0.15) is 0 Å². The van der Waals surface area contributed by atoms with E-state index in [1.807, 2.05) is 0 Å². The summed E-state index contributed by atoms with van der Waals surface area (Å²) in [6.07, 6.45) is -6.28. The second-order valence-electron chi connectivity index (χ2n) is 20.6. The van der Waals surface area contributed by atoms with Crippen molar-refractivity contribution in [2.75, 3.05) is 64.9 Å². The summed E-state index contributed by atoms with van der Waals surface area (Å²) >= 11 is 0. The average Bonchev–Trinajstić information content (AvgIpc) is 4.18. The number of aromatic amines is 1. The fourth-order valence-corrected chi connectivity index (χ4v) is 10.7. The van der Waals surface area contributed by atoms with Gasteiger partial charge in [-0.1, -0.05) is 39.3 Å². The van der Waals surface area contributed by atoms with Gasteiger partial charge < -0.3 is 93.2 Å². The van der Waals surface area contributed by atoms with E-state index in [2.05, 4.69) is 42.2 Å². The van der Waals surface area contributed by atoms with Crippen molar-refractivity contribution in [3.8, 4) is 5.75 Å². The Morgan fingerprint density at radius 3 is 2.11 bits per heavy atom. The van der Waals surface area contributed by atoms with Crippen molar-refractivity contribution < 1.29 is 81.7 Å². The number of primary amides is 1. The molecule has 1 unspecified atom stereocenters. The molecule has 1 aromatic heterocycles. The minimum atomic E-state index is -2.51. The van der Waals surface area contributed by atoms with Crippen molar-refractivity contribution in [2.24, 2.45) is 17.6 Å². The molecule has 3 aliphatic heterocycles. The minimum Gasteiger partial charge on any atom is -0.445 e. The molecule has 4 heterocycles. The summed E-state index contributed by atoms with van der Waals surface area (Å²) in [6, 6.07) is 0.454. The minimum absolute atomic E-state index is 0.00255. The number of hydrogen-bond acceptors (Lipinski definition) is 18. The normalized spacial score (nSPS) is 24.4. The van der Waals surface area contributed by atoms with Crippen LogP contribution in [0.4, 0.5) is 15.3 Å². The van der Waals surface area contributed by atoms with E-state index in [1.54, 1.807) is 38.1 Å². The number of amides is 11. The third kappa shape index (κ3) is 16.6. The Bertz CT molecular complexity index is 2980. The highest BCUT2D eigenvalue weighted by molar-refractivity contribution is 7.85. The Balaban J connectivity index is 1.44. The quantitative estimate of drug-likeness (QED) is 0.0720. The number of H-pyrrole nitrogens is 1. The number of aliphatic hydroxyl groups is 3. The SMILES string of the molecule is CC[C@H](C)[C@@H]1NC(=O)CNC(=O)[C@H]2Cc3c([nH]c4cc(OC(=O)N(C)CCN(C)C(=O)OCc5ccc(N)cc5)ccc34)S(=O)C[C@H](NC(=O)CNC1=O)C(=O)N[C@@H](CC(N)=O)C(=O)N1C[C@H](O)C[C@H]1C(=O)N[C@@H]([C@@H](C)[C@@H](O)CO)C(=O)N2. The summed E-state index contributed by atoms with van der Waals surface area (Å²) < 4.78 is 26.1. The van der Waals surface area contributed by atoms with Crippen molar-refractivity contribution >= 4 is 92.7 Å². The van der Waals surface area contributed by atoms with Gasteiger partial charge in [-0.05, 0) is 41.3 Å². The number of anilines is 1. The zero-order chi connectivity index (χ0) is 61.0. The van der Waals surface area contributed by atoms with E-state index in [4.69, 9.17) is 20.9 Å². The first kappa shape index (κ1) is 63.8. The van der Waals surface area contributed by atoms with E-state index < -0.39 is 188 Å². The molecule has 31 heteroatoms. The van der Waals surface area contributed by atoms with Crippen molar-refractivity contribution in [2.45, 2.75) is 107 Å². The Morgan fingerprint density at radius 2 is 1.46 bits per heavy atom. The van der Waals surface area contributed by atoms with Crippen LogP contribution in [0.15, 0.2) is 47.5 Å². The van der Waals surface area contributed by atoms with Gasteiger partial charge in [0.1, 0.15) is 53.6 Å². The Morgan fingerprint density at radius 1 is 0.807 bits per heavy atom. The predicted molar refractivity (Wildman–Crippen MR) is 293 cm³/mol. The summed E-state index contributed by atoms with van der Waals surface area (Å²) in [7, 11) is 0.370. The molecule has 0 radical (unpaired) electrons. The number of carbonyl (C=O) groups is 11. The van der Waals surface area contributed by atoms with Gasteiger partial charge in [0.15, 0.2) is 0 Å². The molecule has 11 atom stereocenters. The monoisotopic (exact) mass is 1180 g/mol. The third-order valence-electron chi connectivity index (χ3n) is 14.5. The molecule has 30 nitrogen and oxygen atoms in total. The smallest absolute Gasteiger partial charge is 0.415 e. The number of aromatic nitrogens is 1. The van der Waals surface area contributed by atoms with Crippen LogP contribution in [0.3, 0.4) is 0 Å². The topological polar surface area (TPSA) is 446 Å². The standard InChI is InChI=1S/C52H71N13O17S/c1-6-25(2)42-47(75)56-19-40(70)57-36-24-83(80)49-32(31-12-11-30(16-33(31)60-49)82-52(79)64(5)14-13-63(4)51(78)81-23-27-7-9-28(53)10-8-27)17-34(44(72)55-20-41(71)61-42)58-48(76)43(26(3)38(68)22-66)62-46(74)37-15-29(67)21-65(37)50(77)35(18-39(54)69)59-45(36)73/h7-12,16,25-26,29,34-38,42-43,60,66-68H,6,13-15,17-24,53H2,1-5H3,(H2,54,69)(H,55,72)(H,56,75)(H,57,70)(H,58,76)(H,59,73)(H,61,71)(H,62,74)/t25-,26-,29+,34+,35-,36-,37-,38-,42-,43-,83?/m0/s1. The first-order chi connectivity index (χ1) is 39.3. The van der Waals surface area contributed by atoms with Crippen molar-refractivity contribution in [1.29, 1.82) is 0 Å². The van der Waals surface area contributed by atoms with Crippen LogP contribution >= 0.6 is 0 Å². The lowest BCUT2D eigenvalue weighted by atomic mass is 9.93. The van der Waals surface area contributed by atoms with Gasteiger partial charge in [-0.25, -0.2) is 9.59 Å². The van der Waals surface area contributed by atoms with Crippen LogP contribution < -0.4 is 53.4 Å². The van der Waals surface area contributed by atoms with Crippen molar-refractivity contribution in [3.05, 3.63) is 53.6 Å². The van der Waals surface area contributed by atoms with Crippen LogP contribution in [0.5, 0.6) is 5.75 Å². The third-order valence-corrected chi connectivity index (χ3v) is 15.9. The van der Waals surface area contributed by atoms with Crippen LogP contribution in [0.25, 0.3) is 10.9 Å². The molecule has 2 aromatic carbocycles. The van der Waals surface area contributed by atoms with Gasteiger partial charge in [0.25, 0.3) is 0 Å². The van der Waals surface area contributed by atoms with Crippen LogP contribution in [0, 0.1) is 11.8 Å². The van der Waals surface area contributed by atoms with Gasteiger partial charge in [0.2, 0.25) is 53.2 Å². The van der Waals surface area contributed by atoms with Crippen LogP contribution in [0.2, 0.25) is 0 Å². The second-order valence-corrected chi connectivity index (χ2v) is 22.1. The summed E-state index contributed by atoms with van der Waals surface area (Å²) in [5.74, 6) is -12.5. The molecule has 1 fully saturated rings. The summed E-state index contributed by atoms with van der Waals surface area (Å²) in [6.45, 7) is 1.48. The molecule has 2 bridgehead atoms. The number of nitrogens with one attached hydrogen (secondary N) is 8. The number of benzene rings is 2. The molecule has 0 spiro atoms. The number of nitrogen functional groups attached to an aromatic ring is 1. The lowest BCUT2D eigenvalue weighted by Crippen LogP contribution is -2.62. The van der Waals surface area contributed by atoms with E-state index in [0.717, 1.165) is 4.90 Å². The summed E-state index contributed by atoms with van der Waals surface area (Å²) in [5.41, 5.74) is 12.6. The maximum atomic E-state index is 15.1.